The molecule has 5 atom stereocenters. The van der Waals surface area contributed by atoms with E-state index in [-0.39, 0.29) is 17.4 Å². The number of ether oxygens (including phenoxy) is 2. The first-order valence-electron chi connectivity index (χ1n) is 8.16. The summed E-state index contributed by atoms with van der Waals surface area (Å²) in [4.78, 5) is 24.2. The van der Waals surface area contributed by atoms with Crippen LogP contribution in [0.15, 0.2) is 0 Å². The van der Waals surface area contributed by atoms with Crippen LogP contribution in [-0.4, -0.2) is 25.7 Å². The average molecular weight is 294 g/mol. The van der Waals surface area contributed by atoms with Crippen molar-refractivity contribution in [3.8, 4) is 0 Å². The Labute approximate surface area is 126 Å². The molecule has 3 fully saturated rings. The van der Waals surface area contributed by atoms with Gasteiger partial charge in [-0.25, -0.2) is 0 Å². The average Bonchev–Trinajstić information content (AvgIpc) is 2.46. The third kappa shape index (κ3) is 2.09. The molecule has 2 saturated carbocycles. The Morgan fingerprint density at radius 3 is 2.76 bits per heavy atom. The van der Waals surface area contributed by atoms with Crippen LogP contribution < -0.4 is 0 Å². The summed E-state index contributed by atoms with van der Waals surface area (Å²) in [5.74, 6) is 1.02. The van der Waals surface area contributed by atoms with Gasteiger partial charge >= 0.3 is 11.9 Å². The highest BCUT2D eigenvalue weighted by Gasteiger charge is 2.60. The Hall–Kier alpha value is -1.06. The Morgan fingerprint density at radius 2 is 2.05 bits per heavy atom. The molecule has 118 valence electrons. The summed E-state index contributed by atoms with van der Waals surface area (Å²) in [5.41, 5.74) is -0.336. The summed E-state index contributed by atoms with van der Waals surface area (Å²) < 4.78 is 10.4. The summed E-state index contributed by atoms with van der Waals surface area (Å²) in [5, 5.41) is 0. The number of hydrogen-bond donors (Lipinski definition) is 0. The SMILES string of the molecule is COC(=O)[C@@]1(C)CCC[C@@]2(C)[C@H]1CC[C@H]1COC(=O)C[C@@H]12. The van der Waals surface area contributed by atoms with Gasteiger partial charge in [-0.2, -0.15) is 0 Å². The highest BCUT2D eigenvalue weighted by Crippen LogP contribution is 2.62. The molecule has 0 aromatic heterocycles. The van der Waals surface area contributed by atoms with Crippen molar-refractivity contribution in [2.75, 3.05) is 13.7 Å². The molecule has 3 aliphatic rings. The molecule has 0 radical (unpaired) electrons. The predicted octanol–water partition coefficient (Wildman–Crippen LogP) is 2.95. The normalized spacial score (nSPS) is 46.0. The van der Waals surface area contributed by atoms with Crippen molar-refractivity contribution in [3.63, 3.8) is 0 Å². The van der Waals surface area contributed by atoms with Gasteiger partial charge in [0.15, 0.2) is 0 Å². The predicted molar refractivity (Wildman–Crippen MR) is 77.4 cm³/mol. The topological polar surface area (TPSA) is 52.6 Å². The minimum Gasteiger partial charge on any atom is -0.469 e. The van der Waals surface area contributed by atoms with Gasteiger partial charge in [0.25, 0.3) is 0 Å². The van der Waals surface area contributed by atoms with E-state index >= 15 is 0 Å². The van der Waals surface area contributed by atoms with E-state index in [0.29, 0.717) is 30.8 Å². The number of hydrogen-bond acceptors (Lipinski definition) is 4. The van der Waals surface area contributed by atoms with Crippen LogP contribution in [0.2, 0.25) is 0 Å². The molecule has 1 aliphatic heterocycles. The molecule has 0 aromatic carbocycles. The Morgan fingerprint density at radius 1 is 1.29 bits per heavy atom. The quantitative estimate of drug-likeness (QED) is 0.698. The molecular formula is C17H26O4. The van der Waals surface area contributed by atoms with Crippen molar-refractivity contribution in [1.29, 1.82) is 0 Å². The minimum atomic E-state index is -0.395. The lowest BCUT2D eigenvalue weighted by atomic mass is 9.45. The van der Waals surface area contributed by atoms with E-state index < -0.39 is 5.41 Å². The number of fused-ring (bicyclic) bond motifs is 3. The number of carbonyl (C=O) groups excluding carboxylic acids is 2. The molecular weight excluding hydrogens is 268 g/mol. The zero-order valence-electron chi connectivity index (χ0n) is 13.3. The summed E-state index contributed by atoms with van der Waals surface area (Å²) in [6.07, 6.45) is 5.68. The summed E-state index contributed by atoms with van der Waals surface area (Å²) in [6, 6.07) is 0. The fourth-order valence-corrected chi connectivity index (χ4v) is 5.64. The number of esters is 2. The molecule has 0 N–H and O–H groups in total. The van der Waals surface area contributed by atoms with Gasteiger partial charge in [0.1, 0.15) is 0 Å². The Balaban J connectivity index is 1.95. The molecule has 3 rings (SSSR count). The maximum absolute atomic E-state index is 12.4. The standard InChI is InChI=1S/C17H26O4/c1-16-7-4-8-17(2,15(19)20-3)13(16)6-5-11-10-21-14(18)9-12(11)16/h11-13H,4-10H2,1-3H3/t11-,12-,13+,16+,17-/m0/s1. The molecule has 4 nitrogen and oxygen atoms in total. The van der Waals surface area contributed by atoms with Crippen molar-refractivity contribution in [3.05, 3.63) is 0 Å². The van der Waals surface area contributed by atoms with Crippen molar-refractivity contribution >= 4 is 11.9 Å². The monoisotopic (exact) mass is 294 g/mol. The highest BCUT2D eigenvalue weighted by atomic mass is 16.5. The molecule has 1 heterocycles. The van der Waals surface area contributed by atoms with Gasteiger partial charge in [-0.15, -0.1) is 0 Å². The lowest BCUT2D eigenvalue weighted by Gasteiger charge is -2.59. The number of cyclic esters (lactones) is 1. The van der Waals surface area contributed by atoms with Crippen LogP contribution in [0.25, 0.3) is 0 Å². The first-order chi connectivity index (χ1) is 9.91. The molecule has 4 heteroatoms. The second-order valence-corrected chi connectivity index (χ2v) is 7.65. The fraction of sp³-hybridized carbons (Fsp3) is 0.882. The van der Waals surface area contributed by atoms with E-state index in [1.54, 1.807) is 0 Å². The van der Waals surface area contributed by atoms with Crippen molar-refractivity contribution in [2.45, 2.75) is 52.4 Å². The van der Waals surface area contributed by atoms with Crippen molar-refractivity contribution in [2.24, 2.45) is 28.6 Å². The van der Waals surface area contributed by atoms with Crippen LogP contribution in [0, 0.1) is 28.6 Å². The van der Waals surface area contributed by atoms with Crippen LogP contribution in [0.5, 0.6) is 0 Å². The van der Waals surface area contributed by atoms with Gasteiger partial charge < -0.3 is 9.47 Å². The minimum absolute atomic E-state index is 0.0591. The first kappa shape index (κ1) is 14.9. The molecule has 0 amide bonds. The molecule has 2 aliphatic carbocycles. The van der Waals surface area contributed by atoms with Crippen LogP contribution in [0.4, 0.5) is 0 Å². The third-order valence-electron chi connectivity index (χ3n) is 6.72. The zero-order valence-corrected chi connectivity index (χ0v) is 13.3. The maximum atomic E-state index is 12.4. The number of carbonyl (C=O) groups is 2. The number of methoxy groups -OCH3 is 1. The second kappa shape index (κ2) is 4.99. The summed E-state index contributed by atoms with van der Waals surface area (Å²) in [6.45, 7) is 4.94. The van der Waals surface area contributed by atoms with E-state index in [1.165, 1.54) is 7.11 Å². The van der Waals surface area contributed by atoms with Crippen molar-refractivity contribution < 1.29 is 19.1 Å². The van der Waals surface area contributed by atoms with E-state index in [9.17, 15) is 9.59 Å². The van der Waals surface area contributed by atoms with Gasteiger partial charge in [-0.1, -0.05) is 13.3 Å². The summed E-state index contributed by atoms with van der Waals surface area (Å²) in [7, 11) is 1.49. The Bertz CT molecular complexity index is 460. The second-order valence-electron chi connectivity index (χ2n) is 7.65. The lowest BCUT2D eigenvalue weighted by molar-refractivity contribution is -0.185. The van der Waals surface area contributed by atoms with E-state index in [0.717, 1.165) is 32.1 Å². The van der Waals surface area contributed by atoms with Gasteiger partial charge in [0, 0.05) is 6.42 Å². The van der Waals surface area contributed by atoms with Crippen LogP contribution in [-0.2, 0) is 19.1 Å². The summed E-state index contributed by atoms with van der Waals surface area (Å²) >= 11 is 0. The van der Waals surface area contributed by atoms with Gasteiger partial charge in [-0.05, 0) is 55.8 Å². The molecule has 0 aromatic rings. The Kier molecular flexibility index (Phi) is 3.53. The zero-order chi connectivity index (χ0) is 15.3. The molecule has 0 spiro atoms. The third-order valence-corrected chi connectivity index (χ3v) is 6.72. The first-order valence-corrected chi connectivity index (χ1v) is 8.16. The van der Waals surface area contributed by atoms with Gasteiger partial charge in [0.05, 0.1) is 19.1 Å². The van der Waals surface area contributed by atoms with E-state index in [4.69, 9.17) is 9.47 Å². The maximum Gasteiger partial charge on any atom is 0.311 e. The molecule has 0 bridgehead atoms. The lowest BCUT2D eigenvalue weighted by Crippen LogP contribution is -2.57. The number of rotatable bonds is 1. The van der Waals surface area contributed by atoms with Gasteiger partial charge in [0.2, 0.25) is 0 Å². The van der Waals surface area contributed by atoms with Crippen LogP contribution in [0.1, 0.15) is 52.4 Å². The van der Waals surface area contributed by atoms with Gasteiger partial charge in [-0.3, -0.25) is 9.59 Å². The molecule has 0 unspecified atom stereocenters. The molecule has 21 heavy (non-hydrogen) atoms. The largest absolute Gasteiger partial charge is 0.469 e. The van der Waals surface area contributed by atoms with Crippen molar-refractivity contribution in [1.82, 2.24) is 0 Å². The molecule has 1 saturated heterocycles. The van der Waals surface area contributed by atoms with Crippen LogP contribution in [0.3, 0.4) is 0 Å². The van der Waals surface area contributed by atoms with E-state index in [1.807, 2.05) is 0 Å². The van der Waals surface area contributed by atoms with Crippen LogP contribution >= 0.6 is 0 Å². The van der Waals surface area contributed by atoms with E-state index in [2.05, 4.69) is 13.8 Å². The smallest absolute Gasteiger partial charge is 0.311 e. The highest BCUT2D eigenvalue weighted by molar-refractivity contribution is 5.77. The fourth-order valence-electron chi connectivity index (χ4n) is 5.64.